The molecule has 1 aromatic heterocycles. The van der Waals surface area contributed by atoms with E-state index in [1.54, 1.807) is 6.26 Å². The van der Waals surface area contributed by atoms with Gasteiger partial charge in [0.25, 0.3) is 0 Å². The smallest absolute Gasteiger partial charge is 0.117 e. The Morgan fingerprint density at radius 2 is 2.17 bits per heavy atom. The molecule has 0 radical (unpaired) electrons. The van der Waals surface area contributed by atoms with Crippen LogP contribution in [0.2, 0.25) is 0 Å². The fourth-order valence-electron chi connectivity index (χ4n) is 3.17. The van der Waals surface area contributed by atoms with Crippen molar-refractivity contribution in [2.45, 2.75) is 51.1 Å². The number of hydrogen-bond acceptors (Lipinski definition) is 3. The van der Waals surface area contributed by atoms with E-state index < -0.39 is 0 Å². The van der Waals surface area contributed by atoms with Crippen LogP contribution in [0.25, 0.3) is 0 Å². The summed E-state index contributed by atoms with van der Waals surface area (Å²) in [5.74, 6) is 1.93. The van der Waals surface area contributed by atoms with Gasteiger partial charge >= 0.3 is 0 Å². The van der Waals surface area contributed by atoms with Gasteiger partial charge in [-0.2, -0.15) is 0 Å². The maximum Gasteiger partial charge on any atom is 0.117 e. The first-order valence-corrected chi connectivity index (χ1v) is 7.14. The maximum absolute atomic E-state index is 6.08. The van der Waals surface area contributed by atoms with E-state index in [2.05, 4.69) is 18.9 Å². The Kier molecular flexibility index (Phi) is 4.46. The molecular weight excluding hydrogens is 224 g/mol. The molecule has 0 atom stereocenters. The molecule has 3 nitrogen and oxygen atoms in total. The number of likely N-dealkylation sites (N-methyl/N-ethyl adjacent to an activating group) is 1. The summed E-state index contributed by atoms with van der Waals surface area (Å²) < 4.78 is 5.44. The van der Waals surface area contributed by atoms with Crippen LogP contribution in [0.4, 0.5) is 0 Å². The molecule has 1 heterocycles. The van der Waals surface area contributed by atoms with Crippen LogP contribution in [0.15, 0.2) is 22.8 Å². The van der Waals surface area contributed by atoms with Gasteiger partial charge in [0.2, 0.25) is 0 Å². The Balaban J connectivity index is 1.99. The lowest BCUT2D eigenvalue weighted by Gasteiger charge is -2.45. The quantitative estimate of drug-likeness (QED) is 0.873. The summed E-state index contributed by atoms with van der Waals surface area (Å²) >= 11 is 0. The number of rotatable bonds is 5. The van der Waals surface area contributed by atoms with Crippen molar-refractivity contribution in [2.75, 3.05) is 13.6 Å². The van der Waals surface area contributed by atoms with Gasteiger partial charge < -0.3 is 10.2 Å². The lowest BCUT2D eigenvalue weighted by Crippen LogP contribution is -2.53. The molecule has 0 spiro atoms. The highest BCUT2D eigenvalue weighted by atomic mass is 16.3. The third-order valence-corrected chi connectivity index (χ3v) is 4.78. The molecule has 18 heavy (non-hydrogen) atoms. The summed E-state index contributed by atoms with van der Waals surface area (Å²) in [5.41, 5.74) is 6.26. The molecule has 0 aromatic carbocycles. The van der Waals surface area contributed by atoms with Gasteiger partial charge in [-0.15, -0.1) is 0 Å². The Bertz CT molecular complexity index is 339. The summed E-state index contributed by atoms with van der Waals surface area (Å²) in [6, 6.07) is 3.99. The Labute approximate surface area is 110 Å². The van der Waals surface area contributed by atoms with Crippen molar-refractivity contribution in [2.24, 2.45) is 11.7 Å². The molecule has 2 N–H and O–H groups in total. The molecule has 0 amide bonds. The minimum absolute atomic E-state index is 0.179. The lowest BCUT2D eigenvalue weighted by atomic mass is 9.74. The molecule has 0 unspecified atom stereocenters. The topological polar surface area (TPSA) is 42.4 Å². The van der Waals surface area contributed by atoms with Crippen molar-refractivity contribution in [1.82, 2.24) is 4.90 Å². The third-order valence-electron chi connectivity index (χ3n) is 4.78. The molecule has 1 fully saturated rings. The van der Waals surface area contributed by atoms with Crippen LogP contribution in [-0.4, -0.2) is 24.0 Å². The van der Waals surface area contributed by atoms with E-state index in [4.69, 9.17) is 10.2 Å². The zero-order chi connectivity index (χ0) is 13.0. The van der Waals surface area contributed by atoms with Gasteiger partial charge in [0.05, 0.1) is 12.8 Å². The minimum atomic E-state index is 0.179. The van der Waals surface area contributed by atoms with E-state index in [1.165, 1.54) is 32.1 Å². The first-order chi connectivity index (χ1) is 8.70. The number of furan rings is 1. The number of hydrogen-bond donors (Lipinski definition) is 1. The molecule has 2 rings (SSSR count). The van der Waals surface area contributed by atoms with Crippen molar-refractivity contribution in [3.63, 3.8) is 0 Å². The molecule has 1 aliphatic carbocycles. The van der Waals surface area contributed by atoms with Gasteiger partial charge in [-0.3, -0.25) is 4.90 Å². The van der Waals surface area contributed by atoms with Crippen LogP contribution < -0.4 is 5.73 Å². The highest BCUT2D eigenvalue weighted by molar-refractivity contribution is 5.01. The lowest BCUT2D eigenvalue weighted by molar-refractivity contribution is 0.0528. The molecule has 0 saturated heterocycles. The predicted octanol–water partition coefficient (Wildman–Crippen LogP) is 3.01. The van der Waals surface area contributed by atoms with Crippen LogP contribution >= 0.6 is 0 Å². The zero-order valence-electron chi connectivity index (χ0n) is 11.7. The van der Waals surface area contributed by atoms with Crippen LogP contribution in [0.1, 0.15) is 44.8 Å². The highest BCUT2D eigenvalue weighted by Gasteiger charge is 2.37. The van der Waals surface area contributed by atoms with Crippen LogP contribution in [0, 0.1) is 5.92 Å². The maximum atomic E-state index is 6.08. The number of nitrogens with zero attached hydrogens (tertiary/aromatic N) is 1. The van der Waals surface area contributed by atoms with Crippen LogP contribution in [-0.2, 0) is 6.54 Å². The van der Waals surface area contributed by atoms with Crippen molar-refractivity contribution < 1.29 is 4.42 Å². The Morgan fingerprint density at radius 1 is 1.44 bits per heavy atom. The standard InChI is InChI=1S/C15H26N2O/c1-3-13-6-8-15(12-16,9-7-13)17(2)11-14-5-4-10-18-14/h4-5,10,13H,3,6-9,11-12,16H2,1-2H3. The first-order valence-electron chi connectivity index (χ1n) is 7.14. The van der Waals surface area contributed by atoms with Gasteiger partial charge in [-0.25, -0.2) is 0 Å². The van der Waals surface area contributed by atoms with Gasteiger partial charge in [0.1, 0.15) is 5.76 Å². The predicted molar refractivity (Wildman–Crippen MR) is 74.2 cm³/mol. The Hall–Kier alpha value is -0.800. The Morgan fingerprint density at radius 3 is 2.67 bits per heavy atom. The summed E-state index contributed by atoms with van der Waals surface area (Å²) in [6.45, 7) is 3.91. The fourth-order valence-corrected chi connectivity index (χ4v) is 3.17. The van der Waals surface area contributed by atoms with Crippen molar-refractivity contribution in [3.8, 4) is 0 Å². The monoisotopic (exact) mass is 250 g/mol. The first kappa shape index (κ1) is 13.6. The second-order valence-electron chi connectivity index (χ2n) is 5.72. The molecular formula is C15H26N2O. The molecule has 0 aliphatic heterocycles. The SMILES string of the molecule is CCC1CCC(CN)(N(C)Cc2ccco2)CC1. The van der Waals surface area contributed by atoms with Crippen molar-refractivity contribution in [1.29, 1.82) is 0 Å². The molecule has 1 aliphatic rings. The van der Waals surface area contributed by atoms with E-state index in [9.17, 15) is 0 Å². The van der Waals surface area contributed by atoms with E-state index >= 15 is 0 Å². The second kappa shape index (κ2) is 5.89. The van der Waals surface area contributed by atoms with E-state index in [0.717, 1.165) is 24.8 Å². The van der Waals surface area contributed by atoms with E-state index in [-0.39, 0.29) is 5.54 Å². The average molecular weight is 250 g/mol. The summed E-state index contributed by atoms with van der Waals surface area (Å²) in [6.07, 6.45) is 8.12. The van der Waals surface area contributed by atoms with Crippen molar-refractivity contribution in [3.05, 3.63) is 24.2 Å². The molecule has 0 bridgehead atoms. The number of nitrogens with two attached hydrogens (primary N) is 1. The summed E-state index contributed by atoms with van der Waals surface area (Å²) in [7, 11) is 2.18. The molecule has 102 valence electrons. The minimum Gasteiger partial charge on any atom is -0.468 e. The fraction of sp³-hybridized carbons (Fsp3) is 0.733. The van der Waals surface area contributed by atoms with Crippen LogP contribution in [0.3, 0.4) is 0 Å². The van der Waals surface area contributed by atoms with Gasteiger partial charge in [0.15, 0.2) is 0 Å². The van der Waals surface area contributed by atoms with E-state index in [1.807, 2.05) is 12.1 Å². The molecule has 1 saturated carbocycles. The largest absolute Gasteiger partial charge is 0.468 e. The summed E-state index contributed by atoms with van der Waals surface area (Å²) in [4.78, 5) is 2.40. The third kappa shape index (κ3) is 2.78. The van der Waals surface area contributed by atoms with Crippen molar-refractivity contribution >= 4 is 0 Å². The highest BCUT2D eigenvalue weighted by Crippen LogP contribution is 2.37. The molecule has 1 aromatic rings. The average Bonchev–Trinajstić information content (AvgIpc) is 2.91. The molecule has 3 heteroatoms. The van der Waals surface area contributed by atoms with Crippen LogP contribution in [0.5, 0.6) is 0 Å². The van der Waals surface area contributed by atoms with Gasteiger partial charge in [0, 0.05) is 12.1 Å². The van der Waals surface area contributed by atoms with Gasteiger partial charge in [-0.1, -0.05) is 13.3 Å². The normalized spacial score (nSPS) is 28.8. The second-order valence-corrected chi connectivity index (χ2v) is 5.72. The van der Waals surface area contributed by atoms with E-state index in [0.29, 0.717) is 0 Å². The summed E-state index contributed by atoms with van der Waals surface area (Å²) in [5, 5.41) is 0. The van der Waals surface area contributed by atoms with Gasteiger partial charge in [-0.05, 0) is 50.8 Å². The zero-order valence-corrected chi connectivity index (χ0v) is 11.7.